The van der Waals surface area contributed by atoms with E-state index < -0.39 is 17.1 Å². The number of rotatable bonds is 3. The lowest BCUT2D eigenvalue weighted by atomic mass is 10.1. The van der Waals surface area contributed by atoms with Gasteiger partial charge in [-0.25, -0.2) is 4.79 Å². The lowest BCUT2D eigenvalue weighted by Gasteiger charge is -2.10. The van der Waals surface area contributed by atoms with Crippen LogP contribution >= 0.6 is 0 Å². The molecule has 0 radical (unpaired) electrons. The summed E-state index contributed by atoms with van der Waals surface area (Å²) in [5.74, 6) is -0.595. The van der Waals surface area contributed by atoms with Crippen molar-refractivity contribution in [1.82, 2.24) is 9.55 Å². The highest BCUT2D eigenvalue weighted by molar-refractivity contribution is 5.42. The van der Waals surface area contributed by atoms with Crippen molar-refractivity contribution in [3.05, 3.63) is 62.2 Å². The third-order valence-corrected chi connectivity index (χ3v) is 2.72. The minimum absolute atomic E-state index is 0.0226. The van der Waals surface area contributed by atoms with E-state index in [1.807, 2.05) is 11.1 Å². The van der Waals surface area contributed by atoms with E-state index in [0.717, 1.165) is 10.8 Å². The molecule has 102 valence electrons. The van der Waals surface area contributed by atoms with E-state index in [1.54, 1.807) is 12.1 Å². The lowest BCUT2D eigenvalue weighted by Crippen LogP contribution is -2.31. The summed E-state index contributed by atoms with van der Waals surface area (Å²) in [7, 11) is 1.45. The van der Waals surface area contributed by atoms with Gasteiger partial charge in [0.2, 0.25) is 5.82 Å². The van der Waals surface area contributed by atoms with Gasteiger partial charge in [-0.15, -0.1) is 0 Å². The normalized spacial score (nSPS) is 10.1. The molecule has 0 aliphatic carbocycles. The average Bonchev–Trinajstić information content (AvgIpc) is 2.44. The number of aromatic nitrogens is 2. The maximum Gasteiger partial charge on any atom is 0.328 e. The molecule has 0 aliphatic rings. The summed E-state index contributed by atoms with van der Waals surface area (Å²) in [6.45, 7) is -0.0226. The van der Waals surface area contributed by atoms with Gasteiger partial charge in [-0.2, -0.15) is 9.65 Å². The Labute approximate surface area is 112 Å². The average molecular weight is 275 g/mol. The minimum Gasteiger partial charge on any atom is -0.496 e. The number of halogens is 1. The van der Waals surface area contributed by atoms with Gasteiger partial charge in [0, 0.05) is 5.56 Å². The number of aromatic amines is 1. The maximum absolute atomic E-state index is 13.2. The van der Waals surface area contributed by atoms with Gasteiger partial charge in [0.25, 0.3) is 5.56 Å². The Kier molecular flexibility index (Phi) is 3.66. The summed E-state index contributed by atoms with van der Waals surface area (Å²) in [6.07, 6.45) is 0.819. The lowest BCUT2D eigenvalue weighted by molar-refractivity contribution is 0.407. The summed E-state index contributed by atoms with van der Waals surface area (Å²) in [4.78, 5) is 24.4. The summed E-state index contributed by atoms with van der Waals surface area (Å²) < 4.78 is 19.3. The highest BCUT2D eigenvalue weighted by Gasteiger charge is 2.09. The maximum atomic E-state index is 13.2. The number of H-pyrrole nitrogens is 1. The van der Waals surface area contributed by atoms with E-state index in [2.05, 4.69) is 0 Å². The number of nitrogens with one attached hydrogen (secondary N) is 1. The van der Waals surface area contributed by atoms with Gasteiger partial charge < -0.3 is 4.74 Å². The first-order chi connectivity index (χ1) is 9.55. The van der Waals surface area contributed by atoms with Gasteiger partial charge in [-0.3, -0.25) is 14.3 Å². The Bertz CT molecular complexity index is 802. The van der Waals surface area contributed by atoms with Crippen LogP contribution in [-0.4, -0.2) is 16.7 Å². The van der Waals surface area contributed by atoms with Crippen molar-refractivity contribution < 1.29 is 9.13 Å². The molecule has 0 fully saturated rings. The van der Waals surface area contributed by atoms with E-state index in [9.17, 15) is 14.0 Å². The SMILES string of the molecule is COc1ccc(C#N)cc1Cn1cc(F)c(=O)[nH]c1=O. The number of methoxy groups -OCH3 is 1. The largest absolute Gasteiger partial charge is 0.496 e. The van der Waals surface area contributed by atoms with Crippen LogP contribution in [-0.2, 0) is 6.54 Å². The molecule has 1 N–H and O–H groups in total. The second-order valence-electron chi connectivity index (χ2n) is 4.00. The van der Waals surface area contributed by atoms with Gasteiger partial charge >= 0.3 is 5.69 Å². The predicted molar refractivity (Wildman–Crippen MR) is 68.1 cm³/mol. The smallest absolute Gasteiger partial charge is 0.328 e. The molecule has 0 unspecified atom stereocenters. The van der Waals surface area contributed by atoms with Crippen molar-refractivity contribution in [2.75, 3.05) is 7.11 Å². The third kappa shape index (κ3) is 2.59. The topological polar surface area (TPSA) is 87.9 Å². The van der Waals surface area contributed by atoms with E-state index in [-0.39, 0.29) is 6.54 Å². The van der Waals surface area contributed by atoms with Crippen LogP contribution in [0.5, 0.6) is 5.75 Å². The zero-order chi connectivity index (χ0) is 14.7. The zero-order valence-electron chi connectivity index (χ0n) is 10.5. The van der Waals surface area contributed by atoms with Crippen molar-refractivity contribution >= 4 is 0 Å². The molecule has 0 saturated carbocycles. The van der Waals surface area contributed by atoms with Gasteiger partial charge in [0.05, 0.1) is 31.5 Å². The summed E-state index contributed by atoms with van der Waals surface area (Å²) in [5.41, 5.74) is -0.886. The Morgan fingerprint density at radius 1 is 1.45 bits per heavy atom. The van der Waals surface area contributed by atoms with Crippen LogP contribution in [0.15, 0.2) is 34.0 Å². The fourth-order valence-corrected chi connectivity index (χ4v) is 1.76. The van der Waals surface area contributed by atoms with Crippen LogP contribution in [0.3, 0.4) is 0 Å². The van der Waals surface area contributed by atoms with Crippen LogP contribution < -0.4 is 16.0 Å². The molecule has 2 rings (SSSR count). The zero-order valence-corrected chi connectivity index (χ0v) is 10.5. The number of hydrogen-bond acceptors (Lipinski definition) is 4. The molecule has 0 amide bonds. The fraction of sp³-hybridized carbons (Fsp3) is 0.154. The monoisotopic (exact) mass is 275 g/mol. The second kappa shape index (κ2) is 5.40. The molecular weight excluding hydrogens is 265 g/mol. The molecule has 20 heavy (non-hydrogen) atoms. The summed E-state index contributed by atoms with van der Waals surface area (Å²) >= 11 is 0. The number of ether oxygens (including phenoxy) is 1. The Balaban J connectivity index is 2.49. The van der Waals surface area contributed by atoms with Gasteiger partial charge in [0.1, 0.15) is 5.75 Å². The fourth-order valence-electron chi connectivity index (χ4n) is 1.76. The van der Waals surface area contributed by atoms with E-state index in [1.165, 1.54) is 13.2 Å². The van der Waals surface area contributed by atoms with Gasteiger partial charge in [-0.05, 0) is 18.2 Å². The molecule has 7 heteroatoms. The van der Waals surface area contributed by atoms with Gasteiger partial charge in [-0.1, -0.05) is 0 Å². The first-order valence-corrected chi connectivity index (χ1v) is 5.61. The molecule has 6 nitrogen and oxygen atoms in total. The Hall–Kier alpha value is -2.88. The number of hydrogen-bond donors (Lipinski definition) is 1. The molecule has 0 atom stereocenters. The number of benzene rings is 1. The van der Waals surface area contributed by atoms with E-state index in [4.69, 9.17) is 10.00 Å². The molecular formula is C13H10FN3O3. The summed E-state index contributed by atoms with van der Waals surface area (Å²) in [5, 5.41) is 8.86. The Morgan fingerprint density at radius 2 is 2.20 bits per heavy atom. The van der Waals surface area contributed by atoms with Crippen molar-refractivity contribution in [2.45, 2.75) is 6.54 Å². The third-order valence-electron chi connectivity index (χ3n) is 2.72. The standard InChI is InChI=1S/C13H10FN3O3/c1-20-11-3-2-8(5-15)4-9(11)6-17-7-10(14)12(18)16-13(17)19/h2-4,7H,6H2,1H3,(H,16,18,19). The van der Waals surface area contributed by atoms with Crippen molar-refractivity contribution in [1.29, 1.82) is 5.26 Å². The van der Waals surface area contributed by atoms with E-state index in [0.29, 0.717) is 16.9 Å². The quantitative estimate of drug-likeness (QED) is 0.888. The van der Waals surface area contributed by atoms with Crippen molar-refractivity contribution in [3.63, 3.8) is 0 Å². The van der Waals surface area contributed by atoms with Crippen LogP contribution in [0.25, 0.3) is 0 Å². The van der Waals surface area contributed by atoms with Crippen LogP contribution in [0.4, 0.5) is 4.39 Å². The molecule has 1 aromatic carbocycles. The number of nitrogens with zero attached hydrogens (tertiary/aromatic N) is 2. The molecule has 2 aromatic rings. The van der Waals surface area contributed by atoms with Crippen molar-refractivity contribution in [2.24, 2.45) is 0 Å². The number of nitriles is 1. The molecule has 0 aliphatic heterocycles. The highest BCUT2D eigenvalue weighted by Crippen LogP contribution is 2.20. The minimum atomic E-state index is -1.07. The first-order valence-electron chi connectivity index (χ1n) is 5.61. The molecule has 1 aromatic heterocycles. The first kappa shape index (κ1) is 13.5. The predicted octanol–water partition coefficient (Wildman–Crippen LogP) is 0.604. The molecule has 1 heterocycles. The summed E-state index contributed by atoms with van der Waals surface area (Å²) in [6, 6.07) is 6.65. The molecule has 0 saturated heterocycles. The van der Waals surface area contributed by atoms with Crippen LogP contribution in [0, 0.1) is 17.1 Å². The highest BCUT2D eigenvalue weighted by atomic mass is 19.1. The second-order valence-corrected chi connectivity index (χ2v) is 4.00. The van der Waals surface area contributed by atoms with Crippen LogP contribution in [0.2, 0.25) is 0 Å². The van der Waals surface area contributed by atoms with E-state index >= 15 is 0 Å². The van der Waals surface area contributed by atoms with Crippen LogP contribution in [0.1, 0.15) is 11.1 Å². The molecule has 0 spiro atoms. The molecule has 0 bridgehead atoms. The van der Waals surface area contributed by atoms with Crippen molar-refractivity contribution in [3.8, 4) is 11.8 Å². The van der Waals surface area contributed by atoms with Gasteiger partial charge in [0.15, 0.2) is 0 Å². The Morgan fingerprint density at radius 3 is 2.85 bits per heavy atom.